The Balaban J connectivity index is 2.25. The first kappa shape index (κ1) is 22.3. The lowest BCUT2D eigenvalue weighted by Crippen LogP contribution is -2.65. The number of rotatable bonds is 7. The van der Waals surface area contributed by atoms with Crippen molar-refractivity contribution in [1.82, 2.24) is 9.91 Å². The van der Waals surface area contributed by atoms with Crippen LogP contribution in [0.25, 0.3) is 0 Å². The molecular formula is C16H28ClN3O7. The molecule has 0 radical (unpaired) electrons. The smallest absolute Gasteiger partial charge is 0.345 e. The van der Waals surface area contributed by atoms with Crippen LogP contribution in [0.3, 0.4) is 0 Å². The van der Waals surface area contributed by atoms with Crippen LogP contribution in [0.5, 0.6) is 0 Å². The predicted octanol–water partition coefficient (Wildman–Crippen LogP) is 0.0108. The summed E-state index contributed by atoms with van der Waals surface area (Å²) in [7, 11) is 0. The van der Waals surface area contributed by atoms with Crippen LogP contribution < -0.4 is 0 Å². The van der Waals surface area contributed by atoms with Gasteiger partial charge in [0, 0.05) is 12.4 Å². The van der Waals surface area contributed by atoms with E-state index >= 15 is 0 Å². The third kappa shape index (κ3) is 5.27. The lowest BCUT2D eigenvalue weighted by Gasteiger charge is -2.45. The number of carbonyl (C=O) groups is 1. The van der Waals surface area contributed by atoms with E-state index in [0.29, 0.717) is 5.01 Å². The molecule has 0 spiro atoms. The van der Waals surface area contributed by atoms with E-state index in [1.807, 2.05) is 0 Å². The molecule has 2 fully saturated rings. The van der Waals surface area contributed by atoms with Crippen molar-refractivity contribution in [3.05, 3.63) is 4.91 Å². The number of alkyl halides is 1. The van der Waals surface area contributed by atoms with Crippen LogP contribution in [0.15, 0.2) is 5.29 Å². The second kappa shape index (κ2) is 10.5. The van der Waals surface area contributed by atoms with Crippen molar-refractivity contribution < 1.29 is 30.0 Å². The fourth-order valence-corrected chi connectivity index (χ4v) is 3.84. The van der Waals surface area contributed by atoms with Crippen molar-refractivity contribution >= 4 is 17.6 Å². The maximum atomic E-state index is 12.9. The summed E-state index contributed by atoms with van der Waals surface area (Å²) in [5.74, 6) is 0.128. The van der Waals surface area contributed by atoms with Gasteiger partial charge in [0.2, 0.25) is 0 Å². The van der Waals surface area contributed by atoms with Crippen molar-refractivity contribution in [2.75, 3.05) is 25.6 Å². The van der Waals surface area contributed by atoms with Gasteiger partial charge in [-0.2, -0.15) is 5.01 Å². The van der Waals surface area contributed by atoms with Crippen LogP contribution in [0.4, 0.5) is 4.79 Å². The summed E-state index contributed by atoms with van der Waals surface area (Å²) in [6.45, 7) is -0.539. The first-order valence-corrected chi connectivity index (χ1v) is 9.75. The Morgan fingerprint density at radius 3 is 2.33 bits per heavy atom. The van der Waals surface area contributed by atoms with E-state index in [1.54, 1.807) is 0 Å². The minimum Gasteiger partial charge on any atom is -0.394 e. The molecule has 1 aliphatic heterocycles. The highest BCUT2D eigenvalue weighted by Crippen LogP contribution is 2.29. The second-order valence-electron chi connectivity index (χ2n) is 7.05. The molecule has 0 bridgehead atoms. The molecule has 2 amide bonds. The molecule has 1 unspecified atom stereocenters. The van der Waals surface area contributed by atoms with E-state index in [-0.39, 0.29) is 24.9 Å². The van der Waals surface area contributed by atoms with Gasteiger partial charge < -0.3 is 25.2 Å². The molecule has 4 N–H and O–H groups in total. The van der Waals surface area contributed by atoms with Gasteiger partial charge in [-0.15, -0.1) is 16.5 Å². The number of ether oxygens (including phenoxy) is 1. The summed E-state index contributed by atoms with van der Waals surface area (Å²) in [4.78, 5) is 25.1. The lowest BCUT2D eigenvalue weighted by atomic mass is 9.88. The maximum absolute atomic E-state index is 12.9. The Bertz CT molecular complexity index is 493. The number of hydrogen-bond donors (Lipinski definition) is 4. The van der Waals surface area contributed by atoms with Gasteiger partial charge in [0.1, 0.15) is 24.4 Å². The monoisotopic (exact) mass is 409 g/mol. The number of carbonyl (C=O) groups excluding carboxylic acids is 1. The molecule has 1 saturated carbocycles. The van der Waals surface area contributed by atoms with E-state index in [9.17, 15) is 30.1 Å². The van der Waals surface area contributed by atoms with Crippen LogP contribution in [-0.4, -0.2) is 92.6 Å². The molecule has 1 heterocycles. The first-order chi connectivity index (χ1) is 12.9. The summed E-state index contributed by atoms with van der Waals surface area (Å²) in [6.07, 6.45) is -2.36. The minimum absolute atomic E-state index is 0.0105. The Labute approximate surface area is 162 Å². The number of nitroso groups, excluding NO2 is 1. The van der Waals surface area contributed by atoms with Crippen molar-refractivity contribution in [3.8, 4) is 0 Å². The molecule has 0 aromatic heterocycles. The molecule has 156 valence electrons. The average Bonchev–Trinajstić information content (AvgIpc) is 2.69. The van der Waals surface area contributed by atoms with Crippen molar-refractivity contribution in [2.45, 2.75) is 62.7 Å². The number of amides is 2. The van der Waals surface area contributed by atoms with Crippen LogP contribution >= 0.6 is 11.6 Å². The standard InChI is InChI=1S/C16H28ClN3O7/c17-6-7-20(18-26)16(25)19(8-10-4-2-1-3-5-10)15-14(24)13(23)12(22)11(9-21)27-15/h10-15,21-24H,1-9H2/t11-,12+,13+,14-,15?/m1/s1. The van der Waals surface area contributed by atoms with Gasteiger partial charge in [-0.1, -0.05) is 19.3 Å². The third-order valence-corrected chi connectivity index (χ3v) is 5.38. The molecular weight excluding hydrogens is 382 g/mol. The van der Waals surface area contributed by atoms with Crippen LogP contribution in [0, 0.1) is 10.8 Å². The van der Waals surface area contributed by atoms with Gasteiger partial charge in [-0.3, -0.25) is 4.90 Å². The SMILES string of the molecule is O=NN(CCCl)C(=O)N(CC1CCCCC1)C1O[C@H](CO)[C@H](O)[C@H](O)[C@H]1O. The Morgan fingerprint density at radius 1 is 1.11 bits per heavy atom. The zero-order chi connectivity index (χ0) is 20.0. The van der Waals surface area contributed by atoms with Crippen molar-refractivity contribution in [2.24, 2.45) is 11.2 Å². The van der Waals surface area contributed by atoms with Crippen LogP contribution in [0.1, 0.15) is 32.1 Å². The normalized spacial score (nSPS) is 32.1. The zero-order valence-electron chi connectivity index (χ0n) is 15.1. The van der Waals surface area contributed by atoms with Gasteiger partial charge in [0.15, 0.2) is 6.23 Å². The highest BCUT2D eigenvalue weighted by atomic mass is 35.5. The summed E-state index contributed by atoms with van der Waals surface area (Å²) < 4.78 is 5.52. The quantitative estimate of drug-likeness (QED) is 0.263. The molecule has 2 rings (SSSR count). The number of hydrogen-bond acceptors (Lipinski definition) is 8. The van der Waals surface area contributed by atoms with E-state index in [2.05, 4.69) is 5.29 Å². The average molecular weight is 410 g/mol. The summed E-state index contributed by atoms with van der Waals surface area (Å²) >= 11 is 5.62. The molecule has 5 atom stereocenters. The van der Waals surface area contributed by atoms with E-state index in [1.165, 1.54) is 0 Å². The molecule has 1 aliphatic carbocycles. The fourth-order valence-electron chi connectivity index (χ4n) is 3.68. The Kier molecular flexibility index (Phi) is 8.64. The molecule has 2 aliphatic rings. The van der Waals surface area contributed by atoms with E-state index < -0.39 is 43.3 Å². The number of nitrogens with zero attached hydrogens (tertiary/aromatic N) is 3. The topological polar surface area (TPSA) is 143 Å². The van der Waals surface area contributed by atoms with Gasteiger partial charge in [0.05, 0.1) is 18.4 Å². The molecule has 10 nitrogen and oxygen atoms in total. The van der Waals surface area contributed by atoms with Gasteiger partial charge in [0.25, 0.3) is 0 Å². The minimum atomic E-state index is -1.62. The number of aliphatic hydroxyl groups is 4. The van der Waals surface area contributed by atoms with Crippen molar-refractivity contribution in [3.63, 3.8) is 0 Å². The van der Waals surface area contributed by atoms with Gasteiger partial charge in [-0.25, -0.2) is 4.79 Å². The van der Waals surface area contributed by atoms with Gasteiger partial charge in [-0.05, 0) is 18.8 Å². The molecule has 11 heteroatoms. The summed E-state index contributed by atoms with van der Waals surface area (Å²) in [5.41, 5.74) is 0. The summed E-state index contributed by atoms with van der Waals surface area (Å²) in [6, 6.07) is -0.805. The lowest BCUT2D eigenvalue weighted by molar-refractivity contribution is -0.259. The summed E-state index contributed by atoms with van der Waals surface area (Å²) in [5, 5.41) is 43.1. The fraction of sp³-hybridized carbons (Fsp3) is 0.938. The molecule has 1 saturated heterocycles. The largest absolute Gasteiger partial charge is 0.394 e. The number of urea groups is 1. The Morgan fingerprint density at radius 2 is 1.78 bits per heavy atom. The van der Waals surface area contributed by atoms with Crippen LogP contribution in [0.2, 0.25) is 0 Å². The number of aliphatic hydroxyl groups excluding tert-OH is 4. The predicted molar refractivity (Wildman–Crippen MR) is 95.7 cm³/mol. The first-order valence-electron chi connectivity index (χ1n) is 9.22. The van der Waals surface area contributed by atoms with E-state index in [4.69, 9.17) is 16.3 Å². The zero-order valence-corrected chi connectivity index (χ0v) is 15.8. The maximum Gasteiger partial charge on any atom is 0.345 e. The number of halogens is 1. The highest BCUT2D eigenvalue weighted by molar-refractivity contribution is 6.18. The third-order valence-electron chi connectivity index (χ3n) is 5.22. The highest BCUT2D eigenvalue weighted by Gasteiger charge is 2.48. The Hall–Kier alpha value is -1.04. The molecule has 27 heavy (non-hydrogen) atoms. The van der Waals surface area contributed by atoms with Gasteiger partial charge >= 0.3 is 6.03 Å². The van der Waals surface area contributed by atoms with Crippen molar-refractivity contribution in [1.29, 1.82) is 0 Å². The van der Waals surface area contributed by atoms with E-state index in [0.717, 1.165) is 37.0 Å². The van der Waals surface area contributed by atoms with Crippen LogP contribution in [-0.2, 0) is 4.74 Å². The second-order valence-corrected chi connectivity index (χ2v) is 7.43. The molecule has 0 aromatic carbocycles. The molecule has 0 aromatic rings.